The van der Waals surface area contributed by atoms with Crippen molar-refractivity contribution < 1.29 is 14.5 Å². The first kappa shape index (κ1) is 19.7. The number of pyridine rings is 1. The molecule has 1 rings (SSSR count). The van der Waals surface area contributed by atoms with Crippen LogP contribution in [0.5, 0.6) is 0 Å². The molecule has 0 unspecified atom stereocenters. The van der Waals surface area contributed by atoms with Gasteiger partial charge in [0.25, 0.3) is 0 Å². The van der Waals surface area contributed by atoms with Gasteiger partial charge in [0, 0.05) is 25.0 Å². The molecule has 0 aliphatic carbocycles. The summed E-state index contributed by atoms with van der Waals surface area (Å²) < 4.78 is 2.22. The molecule has 1 aromatic heterocycles. The summed E-state index contributed by atoms with van der Waals surface area (Å²) in [7, 11) is 2.12. The van der Waals surface area contributed by atoms with Gasteiger partial charge < -0.3 is 5.11 Å². The van der Waals surface area contributed by atoms with Gasteiger partial charge in [-0.3, -0.25) is 4.79 Å². The monoisotopic (exact) mass is 320 g/mol. The molecule has 0 spiro atoms. The molecule has 0 fully saturated rings. The molecule has 3 heteroatoms. The van der Waals surface area contributed by atoms with Crippen molar-refractivity contribution in [2.24, 2.45) is 7.05 Å². The maximum atomic E-state index is 10.4. The molecule has 1 aromatic rings. The molecule has 0 amide bonds. The van der Waals surface area contributed by atoms with Crippen LogP contribution in [0.3, 0.4) is 0 Å². The highest BCUT2D eigenvalue weighted by molar-refractivity contribution is 5.66. The van der Waals surface area contributed by atoms with Crippen LogP contribution in [0.1, 0.15) is 82.7 Å². The van der Waals surface area contributed by atoms with E-state index in [0.29, 0.717) is 6.42 Å². The lowest BCUT2D eigenvalue weighted by Crippen LogP contribution is -2.32. The number of aryl methyl sites for hydroxylation is 2. The van der Waals surface area contributed by atoms with Gasteiger partial charge in [0.2, 0.25) is 0 Å². The van der Waals surface area contributed by atoms with E-state index < -0.39 is 5.97 Å². The second-order valence-corrected chi connectivity index (χ2v) is 6.59. The zero-order chi connectivity index (χ0) is 16.8. The van der Waals surface area contributed by atoms with Gasteiger partial charge in [-0.25, -0.2) is 4.57 Å². The summed E-state index contributed by atoms with van der Waals surface area (Å²) in [6, 6.07) is 6.42. The molecule has 3 nitrogen and oxygen atoms in total. The highest BCUT2D eigenvalue weighted by atomic mass is 16.4. The lowest BCUT2D eigenvalue weighted by atomic mass is 10.0. The quantitative estimate of drug-likeness (QED) is 0.394. The summed E-state index contributed by atoms with van der Waals surface area (Å²) in [6.45, 7) is 0. The summed E-state index contributed by atoms with van der Waals surface area (Å²) in [5, 5.41) is 8.55. The van der Waals surface area contributed by atoms with Crippen molar-refractivity contribution in [2.75, 3.05) is 0 Å². The molecule has 23 heavy (non-hydrogen) atoms. The van der Waals surface area contributed by atoms with Crippen LogP contribution in [-0.4, -0.2) is 11.1 Å². The maximum absolute atomic E-state index is 10.4. The Labute approximate surface area is 141 Å². The van der Waals surface area contributed by atoms with E-state index in [1.165, 1.54) is 69.9 Å². The Hall–Kier alpha value is -1.38. The van der Waals surface area contributed by atoms with Crippen LogP contribution in [0.15, 0.2) is 24.4 Å². The average Bonchev–Trinajstić information content (AvgIpc) is 2.53. The minimum Gasteiger partial charge on any atom is -0.481 e. The first-order valence-corrected chi connectivity index (χ1v) is 9.35. The van der Waals surface area contributed by atoms with Crippen LogP contribution < -0.4 is 4.57 Å². The largest absolute Gasteiger partial charge is 0.481 e. The first-order chi connectivity index (χ1) is 11.2. The van der Waals surface area contributed by atoms with E-state index in [-0.39, 0.29) is 0 Å². The summed E-state index contributed by atoms with van der Waals surface area (Å²) in [6.07, 6.45) is 17.4. The molecule has 1 heterocycles. The topological polar surface area (TPSA) is 41.2 Å². The van der Waals surface area contributed by atoms with Crippen LogP contribution in [0, 0.1) is 0 Å². The molecule has 0 aliphatic heterocycles. The SMILES string of the molecule is C[n+]1ccccc1CCCCCCCCCCCCCC(=O)O. The molecule has 0 aliphatic rings. The lowest BCUT2D eigenvalue weighted by molar-refractivity contribution is -0.679. The van der Waals surface area contributed by atoms with Gasteiger partial charge in [0.1, 0.15) is 7.05 Å². The highest BCUT2D eigenvalue weighted by Gasteiger charge is 2.03. The number of carbonyl (C=O) groups is 1. The molecule has 0 saturated heterocycles. The fraction of sp³-hybridized carbons (Fsp3) is 0.700. The van der Waals surface area contributed by atoms with Crippen molar-refractivity contribution in [3.05, 3.63) is 30.1 Å². The predicted octanol–water partition coefficient (Wildman–Crippen LogP) is 4.82. The number of aliphatic carboxylic acids is 1. The predicted molar refractivity (Wildman–Crippen MR) is 94.4 cm³/mol. The number of carboxylic acid groups (broad SMARTS) is 1. The normalized spacial score (nSPS) is 10.8. The van der Waals surface area contributed by atoms with E-state index in [0.717, 1.165) is 12.8 Å². The summed E-state index contributed by atoms with van der Waals surface area (Å²) >= 11 is 0. The third kappa shape index (κ3) is 10.9. The van der Waals surface area contributed by atoms with Gasteiger partial charge >= 0.3 is 5.97 Å². The van der Waals surface area contributed by atoms with Crippen molar-refractivity contribution in [1.82, 2.24) is 0 Å². The van der Waals surface area contributed by atoms with Gasteiger partial charge in [-0.15, -0.1) is 0 Å². The van der Waals surface area contributed by atoms with Crippen LogP contribution in [0.2, 0.25) is 0 Å². The minimum absolute atomic E-state index is 0.334. The van der Waals surface area contributed by atoms with E-state index in [1.54, 1.807) is 0 Å². The molecular weight excluding hydrogens is 286 g/mol. The third-order valence-electron chi connectivity index (χ3n) is 4.49. The minimum atomic E-state index is -0.661. The Bertz CT molecular complexity index is 431. The van der Waals surface area contributed by atoms with Crippen LogP contribution in [-0.2, 0) is 18.3 Å². The second-order valence-electron chi connectivity index (χ2n) is 6.59. The number of carboxylic acids is 1. The van der Waals surface area contributed by atoms with Gasteiger partial charge in [-0.05, 0) is 12.8 Å². The van der Waals surface area contributed by atoms with Crippen molar-refractivity contribution in [1.29, 1.82) is 0 Å². The summed E-state index contributed by atoms with van der Waals surface area (Å²) in [4.78, 5) is 10.4. The standard InChI is InChI=1S/C20H33NO2/c1-21-18-14-13-16-19(21)15-11-9-7-5-3-2-4-6-8-10-12-17-20(22)23/h13-14,16,18H,2-12,15,17H2,1H3/p+1. The van der Waals surface area contributed by atoms with Gasteiger partial charge in [0.05, 0.1) is 0 Å². The van der Waals surface area contributed by atoms with Crippen molar-refractivity contribution >= 4 is 5.97 Å². The Balaban J connectivity index is 1.81. The maximum Gasteiger partial charge on any atom is 0.303 e. The van der Waals surface area contributed by atoms with Crippen LogP contribution in [0.25, 0.3) is 0 Å². The number of nitrogens with zero attached hydrogens (tertiary/aromatic N) is 1. The second kappa shape index (κ2) is 13.1. The Kier molecular flexibility index (Phi) is 11.2. The lowest BCUT2D eigenvalue weighted by Gasteiger charge is -2.03. The van der Waals surface area contributed by atoms with Crippen LogP contribution >= 0.6 is 0 Å². The van der Waals surface area contributed by atoms with Gasteiger partial charge in [-0.1, -0.05) is 63.9 Å². The van der Waals surface area contributed by atoms with E-state index in [1.807, 2.05) is 0 Å². The van der Waals surface area contributed by atoms with Gasteiger partial charge in [-0.2, -0.15) is 0 Å². The number of rotatable bonds is 14. The molecule has 0 aromatic carbocycles. The summed E-state index contributed by atoms with van der Waals surface area (Å²) in [5.41, 5.74) is 1.43. The van der Waals surface area contributed by atoms with E-state index >= 15 is 0 Å². The first-order valence-electron chi connectivity index (χ1n) is 9.35. The van der Waals surface area contributed by atoms with Crippen LogP contribution in [0.4, 0.5) is 0 Å². The molecular formula is C20H34NO2+. The molecule has 0 radical (unpaired) electrons. The van der Waals surface area contributed by atoms with E-state index in [9.17, 15) is 4.79 Å². The number of hydrogen-bond donors (Lipinski definition) is 1. The number of hydrogen-bond acceptors (Lipinski definition) is 1. The average molecular weight is 320 g/mol. The molecule has 0 atom stereocenters. The summed E-state index contributed by atoms with van der Waals surface area (Å²) in [5.74, 6) is -0.661. The molecule has 1 N–H and O–H groups in total. The number of unbranched alkanes of at least 4 members (excludes halogenated alkanes) is 10. The fourth-order valence-corrected chi connectivity index (χ4v) is 2.99. The third-order valence-corrected chi connectivity index (χ3v) is 4.49. The Morgan fingerprint density at radius 3 is 1.91 bits per heavy atom. The highest BCUT2D eigenvalue weighted by Crippen LogP contribution is 2.12. The molecule has 0 bridgehead atoms. The Morgan fingerprint density at radius 2 is 1.39 bits per heavy atom. The van der Waals surface area contributed by atoms with E-state index in [2.05, 4.69) is 36.0 Å². The Morgan fingerprint density at radius 1 is 0.870 bits per heavy atom. The van der Waals surface area contributed by atoms with Crippen molar-refractivity contribution in [3.63, 3.8) is 0 Å². The number of aromatic nitrogens is 1. The zero-order valence-corrected chi connectivity index (χ0v) is 14.8. The molecule has 0 saturated carbocycles. The van der Waals surface area contributed by atoms with Crippen molar-refractivity contribution in [3.8, 4) is 0 Å². The smallest absolute Gasteiger partial charge is 0.303 e. The fourth-order valence-electron chi connectivity index (χ4n) is 2.99. The zero-order valence-electron chi connectivity index (χ0n) is 14.8. The van der Waals surface area contributed by atoms with E-state index in [4.69, 9.17) is 5.11 Å². The van der Waals surface area contributed by atoms with Crippen molar-refractivity contribution in [2.45, 2.75) is 83.5 Å². The molecule has 130 valence electrons. The van der Waals surface area contributed by atoms with Gasteiger partial charge in [0.15, 0.2) is 11.9 Å².